The fourth-order valence-corrected chi connectivity index (χ4v) is 4.87. The number of hydrogen-bond donors (Lipinski definition) is 0. The third-order valence-corrected chi connectivity index (χ3v) is 6.95. The van der Waals surface area contributed by atoms with Crippen molar-refractivity contribution in [2.75, 3.05) is 39.3 Å². The molecular weight excluding hydrogens is 467 g/mol. The first-order chi connectivity index (χ1) is 15.7. The molecule has 2 saturated heterocycles. The van der Waals surface area contributed by atoms with Crippen molar-refractivity contribution in [3.8, 4) is 11.1 Å². The van der Waals surface area contributed by atoms with Crippen LogP contribution in [0.15, 0.2) is 48.5 Å². The van der Waals surface area contributed by atoms with Crippen LogP contribution < -0.4 is 0 Å². The number of nitrogens with zero attached hydrogens (tertiary/aromatic N) is 2. The summed E-state index contributed by atoms with van der Waals surface area (Å²) in [5, 5.41) is 0. The number of halogens is 2. The van der Waals surface area contributed by atoms with E-state index in [1.807, 2.05) is 48.5 Å². The highest BCUT2D eigenvalue weighted by molar-refractivity contribution is 5.97. The normalized spacial score (nSPS) is 16.8. The average molecular weight is 506 g/mol. The van der Waals surface area contributed by atoms with Gasteiger partial charge in [0.05, 0.1) is 0 Å². The van der Waals surface area contributed by atoms with E-state index in [1.165, 1.54) is 38.5 Å². The third kappa shape index (κ3) is 8.20. The Morgan fingerprint density at radius 3 is 1.18 bits per heavy atom. The zero-order valence-corrected chi connectivity index (χ0v) is 21.7. The molecule has 2 heterocycles. The van der Waals surface area contributed by atoms with E-state index >= 15 is 0 Å². The van der Waals surface area contributed by atoms with Gasteiger partial charge in [-0.05, 0) is 63.0 Å². The zero-order chi connectivity index (χ0) is 22.2. The Morgan fingerprint density at radius 2 is 0.853 bits per heavy atom. The molecule has 0 amide bonds. The van der Waals surface area contributed by atoms with Gasteiger partial charge in [0.2, 0.25) is 0 Å². The minimum absolute atomic E-state index is 0. The van der Waals surface area contributed by atoms with E-state index in [4.69, 9.17) is 0 Å². The molecule has 6 heteroatoms. The van der Waals surface area contributed by atoms with Gasteiger partial charge < -0.3 is 9.80 Å². The van der Waals surface area contributed by atoms with E-state index in [2.05, 4.69) is 9.80 Å². The number of piperidine rings is 2. The molecule has 2 aromatic rings. The van der Waals surface area contributed by atoms with E-state index in [0.717, 1.165) is 61.5 Å². The molecule has 0 aromatic heterocycles. The van der Waals surface area contributed by atoms with E-state index in [1.54, 1.807) is 0 Å². The minimum atomic E-state index is 0. The Kier molecular flexibility index (Phi) is 12.3. The van der Waals surface area contributed by atoms with Crippen LogP contribution in [0.4, 0.5) is 0 Å². The van der Waals surface area contributed by atoms with Crippen molar-refractivity contribution in [2.45, 2.75) is 51.4 Å². The summed E-state index contributed by atoms with van der Waals surface area (Å²) >= 11 is 0. The van der Waals surface area contributed by atoms with Gasteiger partial charge in [0.25, 0.3) is 0 Å². The lowest BCUT2D eigenvalue weighted by Gasteiger charge is -2.25. The lowest BCUT2D eigenvalue weighted by molar-refractivity contribution is 0.0951. The van der Waals surface area contributed by atoms with Crippen molar-refractivity contribution in [2.24, 2.45) is 0 Å². The van der Waals surface area contributed by atoms with Gasteiger partial charge in [0.1, 0.15) is 0 Å². The highest BCUT2D eigenvalue weighted by Crippen LogP contribution is 2.22. The molecule has 0 unspecified atom stereocenters. The summed E-state index contributed by atoms with van der Waals surface area (Å²) in [6.45, 7) is 6.25. The van der Waals surface area contributed by atoms with Crippen LogP contribution in [-0.2, 0) is 0 Å². The summed E-state index contributed by atoms with van der Waals surface area (Å²) in [5.74, 6) is 0.438. The number of benzene rings is 2. The van der Waals surface area contributed by atoms with Crippen LogP contribution in [0, 0.1) is 0 Å². The Balaban J connectivity index is 0.00000204. The maximum absolute atomic E-state index is 12.6. The lowest BCUT2D eigenvalue weighted by atomic mass is 9.99. The number of carbonyl (C=O) groups is 2. The largest absolute Gasteiger partial charge is 0.303 e. The summed E-state index contributed by atoms with van der Waals surface area (Å²) in [5.41, 5.74) is 3.72. The monoisotopic (exact) mass is 504 g/mol. The second kappa shape index (κ2) is 14.6. The number of ketones is 2. The van der Waals surface area contributed by atoms with Crippen LogP contribution in [0.1, 0.15) is 72.1 Å². The topological polar surface area (TPSA) is 40.6 Å². The van der Waals surface area contributed by atoms with Crippen LogP contribution in [0.2, 0.25) is 0 Å². The Labute approximate surface area is 216 Å². The third-order valence-electron chi connectivity index (χ3n) is 6.95. The number of carbonyl (C=O) groups excluding carboxylic acids is 2. The van der Waals surface area contributed by atoms with E-state index in [9.17, 15) is 9.59 Å². The Bertz CT molecular complexity index is 812. The number of Topliss-reactive ketones (excluding diaryl/α,β-unsaturated/α-hetero) is 2. The molecule has 34 heavy (non-hydrogen) atoms. The average Bonchev–Trinajstić information content (AvgIpc) is 2.87. The smallest absolute Gasteiger partial charge is 0.164 e. The van der Waals surface area contributed by atoms with Crippen molar-refractivity contribution in [3.63, 3.8) is 0 Å². The molecule has 2 aliphatic heterocycles. The predicted molar refractivity (Wildman–Crippen MR) is 145 cm³/mol. The fraction of sp³-hybridized carbons (Fsp3) is 0.500. The van der Waals surface area contributed by atoms with Crippen LogP contribution in [0.3, 0.4) is 0 Å². The SMILES string of the molecule is Cl.Cl.O=C(CCN1CCCCC1)c1ccc(-c2ccc(C(=O)CCN3CCCCC3)cc2)cc1. The van der Waals surface area contributed by atoms with Gasteiger partial charge >= 0.3 is 0 Å². The lowest BCUT2D eigenvalue weighted by Crippen LogP contribution is -2.31. The summed E-state index contributed by atoms with van der Waals surface area (Å²) in [4.78, 5) is 29.9. The van der Waals surface area contributed by atoms with Gasteiger partial charge in [-0.15, -0.1) is 24.8 Å². The van der Waals surface area contributed by atoms with Crippen molar-refractivity contribution < 1.29 is 9.59 Å². The number of likely N-dealkylation sites (tertiary alicyclic amines) is 2. The maximum atomic E-state index is 12.6. The Hall–Kier alpha value is -1.72. The van der Waals surface area contributed by atoms with Crippen LogP contribution >= 0.6 is 24.8 Å². The van der Waals surface area contributed by atoms with Crippen molar-refractivity contribution in [1.29, 1.82) is 0 Å². The Morgan fingerprint density at radius 1 is 0.529 bits per heavy atom. The number of hydrogen-bond acceptors (Lipinski definition) is 4. The molecule has 0 radical (unpaired) electrons. The standard InChI is InChI=1S/C28H36N2O2.2ClH/c31-27(15-21-29-17-3-1-4-18-29)25-11-7-23(8-12-25)24-9-13-26(14-10-24)28(32)16-22-30-19-5-2-6-20-30;;/h7-14H,1-6,15-22H2;2*1H. The molecule has 2 aliphatic rings. The maximum Gasteiger partial charge on any atom is 0.164 e. The van der Waals surface area contributed by atoms with Gasteiger partial charge in [-0.25, -0.2) is 0 Å². The predicted octanol–water partition coefficient (Wildman–Crippen LogP) is 6.31. The van der Waals surface area contributed by atoms with E-state index in [-0.39, 0.29) is 36.4 Å². The molecule has 2 aromatic carbocycles. The molecule has 2 fully saturated rings. The molecule has 0 aliphatic carbocycles. The summed E-state index contributed by atoms with van der Waals surface area (Å²) in [6, 6.07) is 15.8. The van der Waals surface area contributed by atoms with Crippen molar-refractivity contribution in [3.05, 3.63) is 59.7 Å². The molecule has 0 N–H and O–H groups in total. The molecule has 0 atom stereocenters. The first kappa shape index (κ1) is 28.5. The minimum Gasteiger partial charge on any atom is -0.303 e. The summed E-state index contributed by atoms with van der Waals surface area (Å²) in [6.07, 6.45) is 8.84. The van der Waals surface area contributed by atoms with Gasteiger partial charge in [-0.1, -0.05) is 61.4 Å². The van der Waals surface area contributed by atoms with Gasteiger partial charge in [0.15, 0.2) is 11.6 Å². The molecular formula is C28H38Cl2N2O2. The highest BCUT2D eigenvalue weighted by atomic mass is 35.5. The van der Waals surface area contributed by atoms with Crippen molar-refractivity contribution in [1.82, 2.24) is 9.80 Å². The molecule has 186 valence electrons. The van der Waals surface area contributed by atoms with Crippen LogP contribution in [0.5, 0.6) is 0 Å². The quantitative estimate of drug-likeness (QED) is 0.374. The van der Waals surface area contributed by atoms with Gasteiger partial charge in [-0.3, -0.25) is 9.59 Å². The molecule has 0 spiro atoms. The second-order valence-electron chi connectivity index (χ2n) is 9.31. The van der Waals surface area contributed by atoms with Crippen molar-refractivity contribution >= 4 is 36.4 Å². The van der Waals surface area contributed by atoms with Gasteiger partial charge in [-0.2, -0.15) is 0 Å². The first-order valence-electron chi connectivity index (χ1n) is 12.4. The highest BCUT2D eigenvalue weighted by Gasteiger charge is 2.14. The molecule has 4 nitrogen and oxygen atoms in total. The first-order valence-corrected chi connectivity index (χ1v) is 12.4. The fourth-order valence-electron chi connectivity index (χ4n) is 4.87. The van der Waals surface area contributed by atoms with Crippen LogP contribution in [-0.4, -0.2) is 60.6 Å². The summed E-state index contributed by atoms with van der Waals surface area (Å²) in [7, 11) is 0. The summed E-state index contributed by atoms with van der Waals surface area (Å²) < 4.78 is 0. The van der Waals surface area contributed by atoms with Crippen LogP contribution in [0.25, 0.3) is 11.1 Å². The second-order valence-corrected chi connectivity index (χ2v) is 9.31. The zero-order valence-electron chi connectivity index (χ0n) is 20.0. The van der Waals surface area contributed by atoms with Gasteiger partial charge in [0, 0.05) is 37.1 Å². The molecule has 0 saturated carbocycles. The molecule has 4 rings (SSSR count). The van der Waals surface area contributed by atoms with E-state index < -0.39 is 0 Å². The number of rotatable bonds is 9. The molecule has 0 bridgehead atoms. The van der Waals surface area contributed by atoms with E-state index in [0.29, 0.717) is 12.8 Å².